The molecular formula is C20H16ClN3O3S. The van der Waals surface area contributed by atoms with Gasteiger partial charge in [-0.1, -0.05) is 11.6 Å². The quantitative estimate of drug-likeness (QED) is 0.475. The molecule has 6 nitrogen and oxygen atoms in total. The molecule has 1 aliphatic heterocycles. The zero-order valence-corrected chi connectivity index (χ0v) is 16.3. The highest BCUT2D eigenvalue weighted by Gasteiger charge is 2.21. The number of thiophene rings is 1. The average molecular weight is 414 g/mol. The Bertz CT molecular complexity index is 1050. The summed E-state index contributed by atoms with van der Waals surface area (Å²) in [4.78, 5) is 26.8. The fourth-order valence-electron chi connectivity index (χ4n) is 3.27. The SMILES string of the molecule is O=C(Nc1ccc(N2CCc3sccc3C2)cc1)c1ccc(Cl)cc1[N+](=O)[O-]. The van der Waals surface area contributed by atoms with Crippen LogP contribution in [-0.4, -0.2) is 17.4 Å². The molecular weight excluding hydrogens is 398 g/mol. The van der Waals surface area contributed by atoms with Crippen LogP contribution in [0.3, 0.4) is 0 Å². The molecule has 0 radical (unpaired) electrons. The summed E-state index contributed by atoms with van der Waals surface area (Å²) in [5.41, 5.74) is 2.67. The predicted molar refractivity (Wildman–Crippen MR) is 112 cm³/mol. The maximum Gasteiger partial charge on any atom is 0.283 e. The number of carbonyl (C=O) groups is 1. The van der Waals surface area contributed by atoms with Crippen molar-refractivity contribution in [2.45, 2.75) is 13.0 Å². The van der Waals surface area contributed by atoms with Gasteiger partial charge in [0.1, 0.15) is 5.56 Å². The summed E-state index contributed by atoms with van der Waals surface area (Å²) in [6.07, 6.45) is 1.03. The summed E-state index contributed by atoms with van der Waals surface area (Å²) < 4.78 is 0. The van der Waals surface area contributed by atoms with Crippen LogP contribution in [0.1, 0.15) is 20.8 Å². The number of halogens is 1. The van der Waals surface area contributed by atoms with Crippen molar-refractivity contribution in [2.75, 3.05) is 16.8 Å². The number of nitrogens with one attached hydrogen (secondary N) is 1. The molecule has 1 N–H and O–H groups in total. The molecule has 1 aliphatic rings. The van der Waals surface area contributed by atoms with Gasteiger partial charge in [0.05, 0.1) is 4.92 Å². The van der Waals surface area contributed by atoms with Crippen LogP contribution in [0.4, 0.5) is 17.1 Å². The van der Waals surface area contributed by atoms with Crippen LogP contribution in [0.5, 0.6) is 0 Å². The molecule has 3 aromatic rings. The average Bonchev–Trinajstić information content (AvgIpc) is 3.16. The first kappa shape index (κ1) is 18.5. The molecule has 0 atom stereocenters. The van der Waals surface area contributed by atoms with Crippen LogP contribution in [0, 0.1) is 10.1 Å². The standard InChI is InChI=1S/C20H16ClN3O3S/c21-14-1-6-17(18(11-14)24(26)27)20(25)22-15-2-4-16(5-3-15)23-9-7-19-13(12-23)8-10-28-19/h1-6,8,10-11H,7,9,12H2,(H,22,25). The number of hydrogen-bond acceptors (Lipinski definition) is 5. The van der Waals surface area contributed by atoms with E-state index >= 15 is 0 Å². The van der Waals surface area contributed by atoms with E-state index in [4.69, 9.17) is 11.6 Å². The monoisotopic (exact) mass is 413 g/mol. The van der Waals surface area contributed by atoms with Gasteiger partial charge >= 0.3 is 0 Å². The largest absolute Gasteiger partial charge is 0.367 e. The molecule has 2 aromatic carbocycles. The third-order valence-electron chi connectivity index (χ3n) is 4.70. The first-order chi connectivity index (χ1) is 13.5. The summed E-state index contributed by atoms with van der Waals surface area (Å²) in [7, 11) is 0. The van der Waals surface area contributed by atoms with E-state index in [0.29, 0.717) is 5.69 Å². The maximum atomic E-state index is 12.5. The number of benzene rings is 2. The second kappa shape index (κ2) is 7.61. The highest BCUT2D eigenvalue weighted by Crippen LogP contribution is 2.29. The number of anilines is 2. The van der Waals surface area contributed by atoms with Crippen molar-refractivity contribution in [3.05, 3.63) is 85.1 Å². The van der Waals surface area contributed by atoms with Crippen molar-refractivity contribution >= 4 is 45.9 Å². The van der Waals surface area contributed by atoms with Crippen molar-refractivity contribution < 1.29 is 9.72 Å². The van der Waals surface area contributed by atoms with Gasteiger partial charge in [-0.3, -0.25) is 14.9 Å². The van der Waals surface area contributed by atoms with Gasteiger partial charge in [0, 0.05) is 40.4 Å². The highest BCUT2D eigenvalue weighted by molar-refractivity contribution is 7.10. The van der Waals surface area contributed by atoms with E-state index in [9.17, 15) is 14.9 Å². The number of amides is 1. The molecule has 2 heterocycles. The van der Waals surface area contributed by atoms with Crippen molar-refractivity contribution in [1.29, 1.82) is 0 Å². The molecule has 0 bridgehead atoms. The van der Waals surface area contributed by atoms with Crippen molar-refractivity contribution in [3.8, 4) is 0 Å². The lowest BCUT2D eigenvalue weighted by atomic mass is 10.1. The Kier molecular flexibility index (Phi) is 5.02. The lowest BCUT2D eigenvalue weighted by Gasteiger charge is -2.29. The van der Waals surface area contributed by atoms with Gasteiger partial charge in [0.25, 0.3) is 11.6 Å². The molecule has 0 saturated heterocycles. The molecule has 0 unspecified atom stereocenters. The Morgan fingerprint density at radius 1 is 1.18 bits per heavy atom. The van der Waals surface area contributed by atoms with Crippen LogP contribution in [0.15, 0.2) is 53.9 Å². The Hall–Kier alpha value is -2.90. The third-order valence-corrected chi connectivity index (χ3v) is 5.96. The minimum atomic E-state index is -0.612. The van der Waals surface area contributed by atoms with E-state index in [1.54, 1.807) is 23.5 Å². The van der Waals surface area contributed by atoms with E-state index in [-0.39, 0.29) is 16.3 Å². The minimum absolute atomic E-state index is 0.0282. The summed E-state index contributed by atoms with van der Waals surface area (Å²) in [5.74, 6) is -0.544. The van der Waals surface area contributed by atoms with Crippen molar-refractivity contribution in [3.63, 3.8) is 0 Å². The van der Waals surface area contributed by atoms with Gasteiger partial charge in [0.2, 0.25) is 0 Å². The maximum absolute atomic E-state index is 12.5. The zero-order chi connectivity index (χ0) is 19.7. The summed E-state index contributed by atoms with van der Waals surface area (Å²) >= 11 is 7.60. The van der Waals surface area contributed by atoms with Crippen LogP contribution >= 0.6 is 22.9 Å². The second-order valence-corrected chi connectivity index (χ2v) is 7.90. The number of nitrogens with zero attached hydrogens (tertiary/aromatic N) is 2. The van der Waals surface area contributed by atoms with E-state index in [2.05, 4.69) is 21.7 Å². The van der Waals surface area contributed by atoms with Crippen molar-refractivity contribution in [2.24, 2.45) is 0 Å². The number of nitro benzene ring substituents is 1. The number of carbonyl (C=O) groups excluding carboxylic acids is 1. The Morgan fingerprint density at radius 2 is 1.96 bits per heavy atom. The Morgan fingerprint density at radius 3 is 2.71 bits per heavy atom. The Labute approximate surface area is 170 Å². The van der Waals surface area contributed by atoms with Crippen molar-refractivity contribution in [1.82, 2.24) is 0 Å². The van der Waals surface area contributed by atoms with Crippen LogP contribution in [0.25, 0.3) is 0 Å². The number of nitro groups is 1. The lowest BCUT2D eigenvalue weighted by Crippen LogP contribution is -2.29. The van der Waals surface area contributed by atoms with Gasteiger partial charge < -0.3 is 10.2 Å². The van der Waals surface area contributed by atoms with Gasteiger partial charge in [0.15, 0.2) is 0 Å². The molecule has 8 heteroatoms. The second-order valence-electron chi connectivity index (χ2n) is 6.46. The first-order valence-corrected chi connectivity index (χ1v) is 9.92. The molecule has 28 heavy (non-hydrogen) atoms. The molecule has 1 amide bonds. The summed E-state index contributed by atoms with van der Waals surface area (Å²) in [6.45, 7) is 1.83. The predicted octanol–water partition coefficient (Wildman–Crippen LogP) is 5.12. The minimum Gasteiger partial charge on any atom is -0.367 e. The van der Waals surface area contributed by atoms with E-state index in [1.165, 1.54) is 28.6 Å². The van der Waals surface area contributed by atoms with Gasteiger partial charge in [-0.25, -0.2) is 0 Å². The third kappa shape index (κ3) is 3.72. The molecule has 142 valence electrons. The smallest absolute Gasteiger partial charge is 0.283 e. The topological polar surface area (TPSA) is 75.5 Å². The number of hydrogen-bond donors (Lipinski definition) is 1. The molecule has 0 spiro atoms. The fourth-order valence-corrected chi connectivity index (χ4v) is 4.33. The normalized spacial score (nSPS) is 13.1. The molecule has 0 saturated carbocycles. The fraction of sp³-hybridized carbons (Fsp3) is 0.150. The lowest BCUT2D eigenvalue weighted by molar-refractivity contribution is -0.385. The van der Waals surface area contributed by atoms with E-state index < -0.39 is 10.8 Å². The summed E-state index contributed by atoms with van der Waals surface area (Å²) in [5, 5.41) is 16.2. The van der Waals surface area contributed by atoms with E-state index in [1.807, 2.05) is 12.1 Å². The van der Waals surface area contributed by atoms with Crippen LogP contribution in [0.2, 0.25) is 5.02 Å². The molecule has 1 aromatic heterocycles. The zero-order valence-electron chi connectivity index (χ0n) is 14.7. The number of fused-ring (bicyclic) bond motifs is 1. The van der Waals surface area contributed by atoms with E-state index in [0.717, 1.165) is 25.2 Å². The van der Waals surface area contributed by atoms with Crippen LogP contribution in [-0.2, 0) is 13.0 Å². The van der Waals surface area contributed by atoms with Crippen LogP contribution < -0.4 is 10.2 Å². The van der Waals surface area contributed by atoms with Gasteiger partial charge in [-0.2, -0.15) is 0 Å². The highest BCUT2D eigenvalue weighted by atomic mass is 35.5. The Balaban J connectivity index is 1.48. The molecule has 4 rings (SSSR count). The molecule has 0 aliphatic carbocycles. The molecule has 0 fully saturated rings. The number of rotatable bonds is 4. The summed E-state index contributed by atoms with van der Waals surface area (Å²) in [6, 6.07) is 13.7. The van der Waals surface area contributed by atoms with Gasteiger partial charge in [-0.05, 0) is 59.8 Å². The first-order valence-electron chi connectivity index (χ1n) is 8.67. The van der Waals surface area contributed by atoms with Gasteiger partial charge in [-0.15, -0.1) is 11.3 Å².